The van der Waals surface area contributed by atoms with E-state index in [-0.39, 0.29) is 17.6 Å². The van der Waals surface area contributed by atoms with E-state index in [1.54, 1.807) is 11.8 Å². The van der Waals surface area contributed by atoms with Gasteiger partial charge in [-0.2, -0.15) is 0 Å². The molecule has 8 nitrogen and oxygen atoms in total. The molecule has 2 heterocycles. The third-order valence-electron chi connectivity index (χ3n) is 4.52. The second-order valence-corrected chi connectivity index (χ2v) is 7.40. The predicted octanol–water partition coefficient (Wildman–Crippen LogP) is 3.17. The van der Waals surface area contributed by atoms with Gasteiger partial charge in [-0.05, 0) is 57.4 Å². The van der Waals surface area contributed by atoms with Crippen LogP contribution in [-0.4, -0.2) is 58.5 Å². The molecule has 0 radical (unpaired) electrons. The van der Waals surface area contributed by atoms with Gasteiger partial charge in [0.1, 0.15) is 11.8 Å². The molecule has 1 aliphatic rings. The molecule has 1 aromatic heterocycles. The summed E-state index contributed by atoms with van der Waals surface area (Å²) in [5, 5.41) is 8.36. The largest absolute Gasteiger partial charge is 0.494 e. The summed E-state index contributed by atoms with van der Waals surface area (Å²) in [6.07, 6.45) is 2.43. The van der Waals surface area contributed by atoms with Crippen molar-refractivity contribution in [3.8, 4) is 17.2 Å². The SMILES string of the molecule is CCOC(=O)[C@H]1CCCCN1C(=O)CSc1nnc(-c2ccc(OCC)cc2)o1. The van der Waals surface area contributed by atoms with Gasteiger partial charge in [0.15, 0.2) is 0 Å². The Labute approximate surface area is 173 Å². The van der Waals surface area contributed by atoms with E-state index in [0.717, 1.165) is 24.2 Å². The lowest BCUT2D eigenvalue weighted by molar-refractivity contribution is -0.155. The molecule has 0 aliphatic carbocycles. The van der Waals surface area contributed by atoms with Crippen molar-refractivity contribution in [3.63, 3.8) is 0 Å². The average molecular weight is 420 g/mol. The topological polar surface area (TPSA) is 94.8 Å². The zero-order valence-corrected chi connectivity index (χ0v) is 17.4. The fraction of sp³-hybridized carbons (Fsp3) is 0.500. The number of nitrogens with zero attached hydrogens (tertiary/aromatic N) is 3. The van der Waals surface area contributed by atoms with Crippen molar-refractivity contribution < 1.29 is 23.5 Å². The van der Waals surface area contributed by atoms with Crippen molar-refractivity contribution in [3.05, 3.63) is 24.3 Å². The highest BCUT2D eigenvalue weighted by Crippen LogP contribution is 2.26. The van der Waals surface area contributed by atoms with Crippen molar-refractivity contribution in [2.75, 3.05) is 25.5 Å². The van der Waals surface area contributed by atoms with Gasteiger partial charge < -0.3 is 18.8 Å². The Kier molecular flexibility index (Phi) is 7.51. The van der Waals surface area contributed by atoms with Gasteiger partial charge in [-0.1, -0.05) is 11.8 Å². The van der Waals surface area contributed by atoms with Crippen LogP contribution in [0.3, 0.4) is 0 Å². The van der Waals surface area contributed by atoms with Gasteiger partial charge in [-0.3, -0.25) is 4.79 Å². The van der Waals surface area contributed by atoms with Crippen LogP contribution in [0.4, 0.5) is 0 Å². The first-order chi connectivity index (χ1) is 14.1. The molecule has 1 aromatic carbocycles. The number of rotatable bonds is 8. The summed E-state index contributed by atoms with van der Waals surface area (Å²) < 4.78 is 16.2. The highest BCUT2D eigenvalue weighted by Gasteiger charge is 2.33. The number of hydrogen-bond donors (Lipinski definition) is 0. The first-order valence-corrected chi connectivity index (χ1v) is 10.8. The molecular formula is C20H25N3O5S. The van der Waals surface area contributed by atoms with Crippen molar-refractivity contribution >= 4 is 23.6 Å². The van der Waals surface area contributed by atoms with Crippen LogP contribution >= 0.6 is 11.8 Å². The summed E-state index contributed by atoms with van der Waals surface area (Å²) in [7, 11) is 0. The summed E-state index contributed by atoms with van der Waals surface area (Å²) in [5.41, 5.74) is 0.775. The number of carbonyl (C=O) groups is 2. The van der Waals surface area contributed by atoms with Gasteiger partial charge in [-0.25, -0.2) is 4.79 Å². The first-order valence-electron chi connectivity index (χ1n) is 9.78. The van der Waals surface area contributed by atoms with Crippen molar-refractivity contribution in [1.29, 1.82) is 0 Å². The van der Waals surface area contributed by atoms with E-state index in [9.17, 15) is 9.59 Å². The van der Waals surface area contributed by atoms with Crippen LogP contribution in [0.25, 0.3) is 11.5 Å². The van der Waals surface area contributed by atoms with E-state index in [1.165, 1.54) is 11.8 Å². The number of benzene rings is 1. The molecule has 156 valence electrons. The zero-order chi connectivity index (χ0) is 20.6. The Hall–Kier alpha value is -2.55. The van der Waals surface area contributed by atoms with Gasteiger partial charge in [0, 0.05) is 12.1 Å². The lowest BCUT2D eigenvalue weighted by Gasteiger charge is -2.33. The molecule has 3 rings (SSSR count). The maximum absolute atomic E-state index is 12.7. The number of hydrogen-bond acceptors (Lipinski definition) is 8. The summed E-state index contributed by atoms with van der Waals surface area (Å²) in [6.45, 7) is 5.16. The average Bonchev–Trinajstić information content (AvgIpc) is 3.22. The molecule has 1 atom stereocenters. The maximum atomic E-state index is 12.7. The minimum absolute atomic E-state index is 0.126. The molecular weight excluding hydrogens is 394 g/mol. The van der Waals surface area contributed by atoms with Gasteiger partial charge >= 0.3 is 5.97 Å². The summed E-state index contributed by atoms with van der Waals surface area (Å²) in [5.74, 6) is 0.814. The van der Waals surface area contributed by atoms with E-state index < -0.39 is 6.04 Å². The van der Waals surface area contributed by atoms with Gasteiger partial charge in [-0.15, -0.1) is 10.2 Å². The van der Waals surface area contributed by atoms with E-state index in [2.05, 4.69) is 10.2 Å². The molecule has 9 heteroatoms. The van der Waals surface area contributed by atoms with E-state index >= 15 is 0 Å². The molecule has 1 aliphatic heterocycles. The van der Waals surface area contributed by atoms with Gasteiger partial charge in [0.25, 0.3) is 5.22 Å². The van der Waals surface area contributed by atoms with E-state index in [0.29, 0.717) is 37.3 Å². The van der Waals surface area contributed by atoms with Crippen LogP contribution in [0.2, 0.25) is 0 Å². The van der Waals surface area contributed by atoms with E-state index in [4.69, 9.17) is 13.9 Å². The Morgan fingerprint density at radius 3 is 2.69 bits per heavy atom. The molecule has 1 saturated heterocycles. The normalized spacial score (nSPS) is 16.5. The highest BCUT2D eigenvalue weighted by molar-refractivity contribution is 7.99. The third-order valence-corrected chi connectivity index (χ3v) is 5.32. The minimum atomic E-state index is -0.501. The molecule has 0 saturated carbocycles. The fourth-order valence-electron chi connectivity index (χ4n) is 3.17. The molecule has 1 amide bonds. The number of aromatic nitrogens is 2. The minimum Gasteiger partial charge on any atom is -0.494 e. The number of thioether (sulfide) groups is 1. The lowest BCUT2D eigenvalue weighted by Crippen LogP contribution is -2.49. The Balaban J connectivity index is 1.58. The highest BCUT2D eigenvalue weighted by atomic mass is 32.2. The third kappa shape index (κ3) is 5.50. The molecule has 0 unspecified atom stereocenters. The quantitative estimate of drug-likeness (QED) is 0.476. The standard InChI is InChI=1S/C20H25N3O5S/c1-3-26-15-10-8-14(9-11-15)18-21-22-20(28-18)29-13-17(24)23-12-6-5-7-16(23)19(25)27-4-2/h8-11,16H,3-7,12-13H2,1-2H3/t16-/m1/s1. The van der Waals surface area contributed by atoms with Crippen molar-refractivity contribution in [2.45, 2.75) is 44.4 Å². The van der Waals surface area contributed by atoms with Crippen LogP contribution in [0, 0.1) is 0 Å². The smallest absolute Gasteiger partial charge is 0.328 e. The summed E-state index contributed by atoms with van der Waals surface area (Å²) >= 11 is 1.17. The van der Waals surface area contributed by atoms with Crippen molar-refractivity contribution in [2.24, 2.45) is 0 Å². The first kappa shape index (κ1) is 21.2. The predicted molar refractivity (Wildman–Crippen MR) is 108 cm³/mol. The number of carbonyl (C=O) groups excluding carboxylic acids is 2. The molecule has 1 fully saturated rings. The summed E-state index contributed by atoms with van der Waals surface area (Å²) in [4.78, 5) is 26.4. The van der Waals surface area contributed by atoms with Crippen LogP contribution < -0.4 is 4.74 Å². The second kappa shape index (κ2) is 10.3. The lowest BCUT2D eigenvalue weighted by atomic mass is 10.0. The Bertz CT molecular complexity index is 824. The number of piperidine rings is 1. The molecule has 0 bridgehead atoms. The van der Waals surface area contributed by atoms with Crippen molar-refractivity contribution in [1.82, 2.24) is 15.1 Å². The second-order valence-electron chi connectivity index (χ2n) is 6.47. The molecule has 0 spiro atoms. The monoisotopic (exact) mass is 419 g/mol. The Morgan fingerprint density at radius 1 is 1.17 bits per heavy atom. The summed E-state index contributed by atoms with van der Waals surface area (Å²) in [6, 6.07) is 6.86. The van der Waals surface area contributed by atoms with Crippen LogP contribution in [0.5, 0.6) is 5.75 Å². The van der Waals surface area contributed by atoms with Crippen LogP contribution in [-0.2, 0) is 14.3 Å². The number of esters is 1. The number of ether oxygens (including phenoxy) is 2. The molecule has 0 N–H and O–H groups in total. The maximum Gasteiger partial charge on any atom is 0.328 e. The molecule has 2 aromatic rings. The van der Waals surface area contributed by atoms with Crippen LogP contribution in [0.1, 0.15) is 33.1 Å². The number of amides is 1. The molecule has 29 heavy (non-hydrogen) atoms. The van der Waals surface area contributed by atoms with Gasteiger partial charge in [0.05, 0.1) is 19.0 Å². The van der Waals surface area contributed by atoms with E-state index in [1.807, 2.05) is 31.2 Å². The van der Waals surface area contributed by atoms with Gasteiger partial charge in [0.2, 0.25) is 11.8 Å². The number of likely N-dealkylation sites (tertiary alicyclic amines) is 1. The fourth-order valence-corrected chi connectivity index (χ4v) is 3.81. The van der Waals surface area contributed by atoms with Crippen LogP contribution in [0.15, 0.2) is 33.9 Å². The zero-order valence-electron chi connectivity index (χ0n) is 16.6. The Morgan fingerprint density at radius 2 is 1.97 bits per heavy atom.